The van der Waals surface area contributed by atoms with Crippen LogP contribution in [-0.2, 0) is 6.61 Å². The van der Waals surface area contributed by atoms with E-state index in [2.05, 4.69) is 20.9 Å². The van der Waals surface area contributed by atoms with Crippen LogP contribution in [0, 0.1) is 6.92 Å². The first kappa shape index (κ1) is 10.2. The first-order valence-corrected chi connectivity index (χ1v) is 5.33. The van der Waals surface area contributed by atoms with Crippen LogP contribution >= 0.6 is 15.9 Å². The summed E-state index contributed by atoms with van der Waals surface area (Å²) in [6.45, 7) is 2.36. The summed E-state index contributed by atoms with van der Waals surface area (Å²) in [5, 5.41) is 0. The molecular formula is C11H10BrNO2. The Hall–Kier alpha value is -1.29. The van der Waals surface area contributed by atoms with Gasteiger partial charge in [0.2, 0.25) is 5.89 Å². The summed E-state index contributed by atoms with van der Waals surface area (Å²) in [7, 11) is 0. The average molecular weight is 268 g/mol. The van der Waals surface area contributed by atoms with Crippen molar-refractivity contribution in [3.05, 3.63) is 46.6 Å². The first-order valence-electron chi connectivity index (χ1n) is 4.54. The van der Waals surface area contributed by atoms with Gasteiger partial charge in [0.05, 0.1) is 6.20 Å². The van der Waals surface area contributed by atoms with Gasteiger partial charge in [0.25, 0.3) is 0 Å². The second kappa shape index (κ2) is 4.49. The molecule has 15 heavy (non-hydrogen) atoms. The van der Waals surface area contributed by atoms with E-state index in [-0.39, 0.29) is 0 Å². The van der Waals surface area contributed by atoms with Crippen LogP contribution in [0.2, 0.25) is 0 Å². The predicted octanol–water partition coefficient (Wildman–Crippen LogP) is 3.32. The lowest BCUT2D eigenvalue weighted by atomic mass is 10.2. The van der Waals surface area contributed by atoms with E-state index in [4.69, 9.17) is 9.15 Å². The van der Waals surface area contributed by atoms with Crippen molar-refractivity contribution < 1.29 is 9.15 Å². The summed E-state index contributed by atoms with van der Waals surface area (Å²) < 4.78 is 11.3. The van der Waals surface area contributed by atoms with Crippen LogP contribution in [0.5, 0.6) is 5.75 Å². The molecule has 2 rings (SSSR count). The highest BCUT2D eigenvalue weighted by Gasteiger charge is 2.02. The van der Waals surface area contributed by atoms with Crippen molar-refractivity contribution in [3.63, 3.8) is 0 Å². The molecule has 2 aromatic rings. The van der Waals surface area contributed by atoms with Crippen molar-refractivity contribution in [2.24, 2.45) is 0 Å². The Kier molecular flexibility index (Phi) is 3.06. The van der Waals surface area contributed by atoms with Gasteiger partial charge in [0.15, 0.2) is 11.3 Å². The molecule has 1 aromatic heterocycles. The van der Waals surface area contributed by atoms with Crippen LogP contribution in [0.3, 0.4) is 0 Å². The molecule has 0 radical (unpaired) electrons. The van der Waals surface area contributed by atoms with E-state index in [1.54, 1.807) is 6.20 Å². The highest BCUT2D eigenvalue weighted by Crippen LogP contribution is 2.16. The SMILES string of the molecule is Cc1cccc(OCc2ncc(Br)o2)c1. The average Bonchev–Trinajstić information content (AvgIpc) is 2.62. The molecule has 0 unspecified atom stereocenters. The Morgan fingerprint density at radius 3 is 3.00 bits per heavy atom. The molecule has 0 aliphatic rings. The fourth-order valence-electron chi connectivity index (χ4n) is 1.20. The standard InChI is InChI=1S/C11H10BrNO2/c1-8-3-2-4-9(5-8)14-7-11-13-6-10(12)15-11/h2-6H,7H2,1H3. The van der Waals surface area contributed by atoms with Crippen molar-refractivity contribution in [1.29, 1.82) is 0 Å². The minimum absolute atomic E-state index is 0.342. The summed E-state index contributed by atoms with van der Waals surface area (Å²) in [5.74, 6) is 1.38. The third-order valence-electron chi connectivity index (χ3n) is 1.88. The van der Waals surface area contributed by atoms with Gasteiger partial charge in [-0.3, -0.25) is 0 Å². The zero-order valence-electron chi connectivity index (χ0n) is 8.24. The third kappa shape index (κ3) is 2.83. The van der Waals surface area contributed by atoms with Gasteiger partial charge in [0, 0.05) is 0 Å². The number of nitrogens with zero attached hydrogens (tertiary/aromatic N) is 1. The van der Waals surface area contributed by atoms with Gasteiger partial charge in [-0.05, 0) is 40.5 Å². The van der Waals surface area contributed by atoms with Crippen molar-refractivity contribution in [1.82, 2.24) is 4.98 Å². The van der Waals surface area contributed by atoms with E-state index in [9.17, 15) is 0 Å². The lowest BCUT2D eigenvalue weighted by molar-refractivity contribution is 0.260. The zero-order chi connectivity index (χ0) is 10.7. The number of aryl methyl sites for hydroxylation is 1. The highest BCUT2D eigenvalue weighted by molar-refractivity contribution is 9.10. The molecule has 4 heteroatoms. The van der Waals surface area contributed by atoms with E-state index in [0.29, 0.717) is 17.2 Å². The Labute approximate surface area is 96.2 Å². The molecule has 1 aromatic carbocycles. The quantitative estimate of drug-likeness (QED) is 0.856. The van der Waals surface area contributed by atoms with Crippen molar-refractivity contribution in [2.45, 2.75) is 13.5 Å². The number of rotatable bonds is 3. The summed E-state index contributed by atoms with van der Waals surface area (Å²) >= 11 is 3.19. The van der Waals surface area contributed by atoms with Gasteiger partial charge in [0.1, 0.15) is 5.75 Å². The van der Waals surface area contributed by atoms with E-state index in [1.165, 1.54) is 5.56 Å². The molecule has 0 N–H and O–H groups in total. The molecule has 3 nitrogen and oxygen atoms in total. The van der Waals surface area contributed by atoms with E-state index in [0.717, 1.165) is 5.75 Å². The lowest BCUT2D eigenvalue weighted by Crippen LogP contribution is -1.95. The lowest BCUT2D eigenvalue weighted by Gasteiger charge is -2.03. The Morgan fingerprint density at radius 2 is 2.33 bits per heavy atom. The van der Waals surface area contributed by atoms with Crippen LogP contribution in [0.4, 0.5) is 0 Å². The maximum atomic E-state index is 5.51. The molecule has 0 spiro atoms. The van der Waals surface area contributed by atoms with E-state index >= 15 is 0 Å². The maximum absolute atomic E-state index is 5.51. The first-order chi connectivity index (χ1) is 7.24. The molecule has 0 saturated heterocycles. The maximum Gasteiger partial charge on any atom is 0.233 e. The molecule has 0 saturated carbocycles. The van der Waals surface area contributed by atoms with Gasteiger partial charge in [-0.1, -0.05) is 12.1 Å². The summed E-state index contributed by atoms with van der Waals surface area (Å²) in [6.07, 6.45) is 1.61. The van der Waals surface area contributed by atoms with Crippen molar-refractivity contribution >= 4 is 15.9 Å². The van der Waals surface area contributed by atoms with Gasteiger partial charge >= 0.3 is 0 Å². The number of halogens is 1. The Bertz CT molecular complexity index is 453. The van der Waals surface area contributed by atoms with Crippen LogP contribution in [0.15, 0.2) is 39.5 Å². The van der Waals surface area contributed by atoms with Crippen LogP contribution in [0.1, 0.15) is 11.5 Å². The summed E-state index contributed by atoms with van der Waals surface area (Å²) in [5.41, 5.74) is 1.17. The number of hydrogen-bond acceptors (Lipinski definition) is 3. The highest BCUT2D eigenvalue weighted by atomic mass is 79.9. The molecule has 0 atom stereocenters. The number of ether oxygens (including phenoxy) is 1. The predicted molar refractivity (Wildman–Crippen MR) is 59.7 cm³/mol. The third-order valence-corrected chi connectivity index (χ3v) is 2.24. The van der Waals surface area contributed by atoms with E-state index < -0.39 is 0 Å². The molecule has 78 valence electrons. The monoisotopic (exact) mass is 267 g/mol. The molecule has 1 heterocycles. The van der Waals surface area contributed by atoms with Gasteiger partial charge in [-0.25, -0.2) is 4.98 Å². The molecule has 0 aliphatic carbocycles. The van der Waals surface area contributed by atoms with Crippen LogP contribution in [-0.4, -0.2) is 4.98 Å². The Balaban J connectivity index is 1.99. The van der Waals surface area contributed by atoms with Crippen LogP contribution < -0.4 is 4.74 Å². The molecule has 0 amide bonds. The summed E-state index contributed by atoms with van der Waals surface area (Å²) in [6, 6.07) is 7.85. The van der Waals surface area contributed by atoms with Crippen molar-refractivity contribution in [3.8, 4) is 5.75 Å². The minimum Gasteiger partial charge on any atom is -0.484 e. The number of benzene rings is 1. The van der Waals surface area contributed by atoms with E-state index in [1.807, 2.05) is 31.2 Å². The van der Waals surface area contributed by atoms with Crippen molar-refractivity contribution in [2.75, 3.05) is 0 Å². The summed E-state index contributed by atoms with van der Waals surface area (Å²) in [4.78, 5) is 4.01. The van der Waals surface area contributed by atoms with Gasteiger partial charge in [-0.15, -0.1) is 0 Å². The second-order valence-electron chi connectivity index (χ2n) is 3.16. The number of hydrogen-bond donors (Lipinski definition) is 0. The fourth-order valence-corrected chi connectivity index (χ4v) is 1.49. The topological polar surface area (TPSA) is 35.3 Å². The number of aromatic nitrogens is 1. The Morgan fingerprint density at radius 1 is 1.47 bits per heavy atom. The van der Waals surface area contributed by atoms with Gasteiger partial charge < -0.3 is 9.15 Å². The molecule has 0 fully saturated rings. The zero-order valence-corrected chi connectivity index (χ0v) is 9.82. The fraction of sp³-hybridized carbons (Fsp3) is 0.182. The molecule has 0 aliphatic heterocycles. The largest absolute Gasteiger partial charge is 0.484 e. The normalized spacial score (nSPS) is 10.3. The molecule has 0 bridgehead atoms. The minimum atomic E-state index is 0.342. The smallest absolute Gasteiger partial charge is 0.233 e. The molecular weight excluding hydrogens is 258 g/mol. The van der Waals surface area contributed by atoms with Gasteiger partial charge in [-0.2, -0.15) is 0 Å². The number of oxazole rings is 1. The van der Waals surface area contributed by atoms with Crippen LogP contribution in [0.25, 0.3) is 0 Å². The second-order valence-corrected chi connectivity index (χ2v) is 3.94.